The minimum absolute atomic E-state index is 1.23. The van der Waals surface area contributed by atoms with E-state index in [1.165, 1.54) is 11.1 Å². The normalized spacial score (nSPS) is 16.9. The molecule has 0 atom stereocenters. The Morgan fingerprint density at radius 2 is 1.24 bits per heavy atom. The first kappa shape index (κ1) is 12.8. The van der Waals surface area contributed by atoms with Gasteiger partial charge in [0.25, 0.3) is 0 Å². The summed E-state index contributed by atoms with van der Waals surface area (Å²) in [6.07, 6.45) is 2.53. The van der Waals surface area contributed by atoms with Gasteiger partial charge in [0.15, 0.2) is 0 Å². The lowest BCUT2D eigenvalue weighted by molar-refractivity contribution is 1.42. The van der Waals surface area contributed by atoms with Crippen molar-refractivity contribution in [3.63, 3.8) is 0 Å². The van der Waals surface area contributed by atoms with Gasteiger partial charge in [-0.25, -0.2) is 0 Å². The Morgan fingerprint density at radius 3 is 1.71 bits per heavy atom. The van der Waals surface area contributed by atoms with E-state index >= 15 is 0 Å². The second-order valence-electron chi connectivity index (χ2n) is 7.02. The Labute approximate surface area is 108 Å². The van der Waals surface area contributed by atoms with Crippen molar-refractivity contribution in [1.29, 1.82) is 0 Å². The van der Waals surface area contributed by atoms with E-state index in [1.807, 2.05) is 0 Å². The molecule has 2 heteroatoms. The topological polar surface area (TPSA) is 0 Å². The van der Waals surface area contributed by atoms with Crippen LogP contribution in [0.15, 0.2) is 30.3 Å². The number of allylic oxidation sites excluding steroid dienone is 1. The number of fused-ring (bicyclic) bond motifs is 1. The maximum absolute atomic E-state index is 2.53. The van der Waals surface area contributed by atoms with E-state index in [2.05, 4.69) is 69.6 Å². The summed E-state index contributed by atoms with van der Waals surface area (Å²) in [4.78, 5) is 0. The quantitative estimate of drug-likeness (QED) is 0.672. The molecular formula is C15H23Si2. The van der Waals surface area contributed by atoms with E-state index in [0.717, 1.165) is 0 Å². The summed E-state index contributed by atoms with van der Waals surface area (Å²) in [7, 11) is -2.47. The standard InChI is InChI=1S/C15H23Si2/c1-16(2,3)14-11-15(17(4,5)6)13-10-8-7-9-12(13)14/h7-11H,1-6H3. The van der Waals surface area contributed by atoms with Gasteiger partial charge >= 0.3 is 0 Å². The fraction of sp³-hybridized carbons (Fsp3) is 0.400. The summed E-state index contributed by atoms with van der Waals surface area (Å²) in [6.45, 7) is 14.7. The first-order valence-corrected chi connectivity index (χ1v) is 13.4. The lowest BCUT2D eigenvalue weighted by Gasteiger charge is -2.23. The second-order valence-corrected chi connectivity index (χ2v) is 17.1. The third kappa shape index (κ3) is 2.33. The zero-order chi connectivity index (χ0) is 12.8. The molecule has 1 aromatic rings. The van der Waals surface area contributed by atoms with E-state index in [9.17, 15) is 0 Å². The van der Waals surface area contributed by atoms with E-state index < -0.39 is 16.1 Å². The van der Waals surface area contributed by atoms with E-state index in [1.54, 1.807) is 10.7 Å². The van der Waals surface area contributed by atoms with Crippen molar-refractivity contribution in [3.8, 4) is 0 Å². The fourth-order valence-corrected chi connectivity index (χ4v) is 5.84. The fourth-order valence-electron chi connectivity index (χ4n) is 2.49. The van der Waals surface area contributed by atoms with Gasteiger partial charge in [-0.2, -0.15) is 0 Å². The van der Waals surface area contributed by atoms with Gasteiger partial charge in [0, 0.05) is 5.54 Å². The highest BCUT2D eigenvalue weighted by Crippen LogP contribution is 2.43. The van der Waals surface area contributed by atoms with Crippen molar-refractivity contribution in [2.45, 2.75) is 39.3 Å². The van der Waals surface area contributed by atoms with Gasteiger partial charge in [0.2, 0.25) is 0 Å². The number of hydrogen-bond donors (Lipinski definition) is 0. The molecule has 0 saturated heterocycles. The zero-order valence-electron chi connectivity index (χ0n) is 11.9. The third-order valence-corrected chi connectivity index (χ3v) is 7.47. The van der Waals surface area contributed by atoms with Crippen LogP contribution in [-0.4, -0.2) is 16.1 Å². The SMILES string of the molecule is C[Si](C)(C)[C]1C=C([Si](C)(C)C)c2ccccc21. The molecule has 91 valence electrons. The van der Waals surface area contributed by atoms with Crippen molar-refractivity contribution in [2.24, 2.45) is 0 Å². The van der Waals surface area contributed by atoms with Gasteiger partial charge in [-0.05, 0) is 11.1 Å². The summed E-state index contributed by atoms with van der Waals surface area (Å²) in [5.41, 5.74) is 4.68. The molecule has 0 aromatic heterocycles. The van der Waals surface area contributed by atoms with Gasteiger partial charge < -0.3 is 0 Å². The summed E-state index contributed by atoms with van der Waals surface area (Å²) in [5, 5.41) is 1.64. The van der Waals surface area contributed by atoms with E-state index in [-0.39, 0.29) is 0 Å². The minimum Gasteiger partial charge on any atom is -0.0760 e. The predicted molar refractivity (Wildman–Crippen MR) is 83.5 cm³/mol. The molecule has 1 aliphatic rings. The summed E-state index contributed by atoms with van der Waals surface area (Å²) in [6, 6.07) is 8.99. The highest BCUT2D eigenvalue weighted by molar-refractivity contribution is 6.95. The molecule has 2 rings (SSSR count). The molecule has 0 amide bonds. The van der Waals surface area contributed by atoms with Crippen LogP contribution < -0.4 is 0 Å². The highest BCUT2D eigenvalue weighted by atomic mass is 28.3. The summed E-state index contributed by atoms with van der Waals surface area (Å²) >= 11 is 0. The molecule has 0 nitrogen and oxygen atoms in total. The highest BCUT2D eigenvalue weighted by Gasteiger charge is 2.37. The average Bonchev–Trinajstić information content (AvgIpc) is 2.55. The first-order valence-electron chi connectivity index (χ1n) is 6.40. The van der Waals surface area contributed by atoms with Gasteiger partial charge in [-0.1, -0.05) is 74.8 Å². The van der Waals surface area contributed by atoms with Crippen LogP contribution in [0.5, 0.6) is 0 Å². The zero-order valence-corrected chi connectivity index (χ0v) is 13.9. The molecule has 1 radical (unpaired) electrons. The third-order valence-electron chi connectivity index (χ3n) is 3.41. The van der Waals surface area contributed by atoms with Crippen LogP contribution >= 0.6 is 0 Å². The van der Waals surface area contributed by atoms with Crippen molar-refractivity contribution >= 4 is 21.3 Å². The molecule has 0 aliphatic heterocycles. The van der Waals surface area contributed by atoms with Crippen LogP contribution in [0.1, 0.15) is 11.1 Å². The van der Waals surface area contributed by atoms with Crippen molar-refractivity contribution in [2.75, 3.05) is 0 Å². The maximum atomic E-state index is 2.53. The molecule has 0 fully saturated rings. The van der Waals surface area contributed by atoms with Crippen LogP contribution in [0.4, 0.5) is 0 Å². The van der Waals surface area contributed by atoms with Crippen molar-refractivity contribution in [1.82, 2.24) is 0 Å². The smallest absolute Gasteiger partial charge is 0.0760 e. The van der Waals surface area contributed by atoms with Gasteiger partial charge in [-0.3, -0.25) is 0 Å². The Kier molecular flexibility index (Phi) is 2.99. The Morgan fingerprint density at radius 1 is 0.706 bits per heavy atom. The van der Waals surface area contributed by atoms with Crippen LogP contribution in [0.25, 0.3) is 5.20 Å². The Balaban J connectivity index is 2.58. The van der Waals surface area contributed by atoms with Crippen molar-refractivity contribution < 1.29 is 0 Å². The molecule has 0 heterocycles. The van der Waals surface area contributed by atoms with Gasteiger partial charge in [0.05, 0.1) is 16.1 Å². The van der Waals surface area contributed by atoms with Crippen LogP contribution in [0.3, 0.4) is 0 Å². The van der Waals surface area contributed by atoms with Crippen molar-refractivity contribution in [3.05, 3.63) is 47.0 Å². The molecule has 0 saturated carbocycles. The van der Waals surface area contributed by atoms with E-state index in [4.69, 9.17) is 0 Å². The Bertz CT molecular complexity index is 459. The average molecular weight is 260 g/mol. The summed E-state index contributed by atoms with van der Waals surface area (Å²) in [5.74, 6) is 0. The monoisotopic (exact) mass is 259 g/mol. The molecule has 0 N–H and O–H groups in total. The van der Waals surface area contributed by atoms with Crippen LogP contribution in [0.2, 0.25) is 39.3 Å². The molecular weight excluding hydrogens is 236 g/mol. The first-order chi connectivity index (χ1) is 7.71. The molecule has 17 heavy (non-hydrogen) atoms. The maximum Gasteiger partial charge on any atom is 0.0780 e. The minimum atomic E-state index is -1.23. The lowest BCUT2D eigenvalue weighted by Crippen LogP contribution is -2.29. The number of benzene rings is 1. The van der Waals surface area contributed by atoms with Crippen LogP contribution in [0, 0.1) is 5.54 Å². The molecule has 0 bridgehead atoms. The number of rotatable bonds is 2. The molecule has 1 aromatic carbocycles. The molecule has 0 spiro atoms. The largest absolute Gasteiger partial charge is 0.0780 e. The lowest BCUT2D eigenvalue weighted by atomic mass is 10.1. The van der Waals surface area contributed by atoms with Crippen LogP contribution in [-0.2, 0) is 0 Å². The van der Waals surface area contributed by atoms with Gasteiger partial charge in [-0.15, -0.1) is 0 Å². The Hall–Kier alpha value is -0.606. The molecule has 0 unspecified atom stereocenters. The van der Waals surface area contributed by atoms with Gasteiger partial charge in [0.1, 0.15) is 0 Å². The second kappa shape index (κ2) is 3.96. The molecule has 1 aliphatic carbocycles. The van der Waals surface area contributed by atoms with E-state index in [0.29, 0.717) is 0 Å². The summed E-state index contributed by atoms with van der Waals surface area (Å²) < 4.78 is 0. The number of hydrogen-bond acceptors (Lipinski definition) is 0. The predicted octanol–water partition coefficient (Wildman–Crippen LogP) is 4.76.